The SMILES string of the molecule is CC(C)[C@H](NC(=O)OC(C(=O)OC(C)(C)C)c1ccccc1[NH+]([O-])O)C(=O)O. The number of carboxylic acid groups (broad SMARTS) is 1. The number of amides is 1. The normalized spacial score (nSPS) is 14.7. The maximum absolute atomic E-state index is 12.6. The number of nitrogens with one attached hydrogen (secondary N) is 2. The number of carboxylic acids is 1. The molecule has 1 amide bonds. The lowest BCUT2D eigenvalue weighted by molar-refractivity contribution is -0.991. The highest BCUT2D eigenvalue weighted by molar-refractivity contribution is 5.84. The Morgan fingerprint density at radius 1 is 1.18 bits per heavy atom. The van der Waals surface area contributed by atoms with E-state index in [-0.39, 0.29) is 11.3 Å². The summed E-state index contributed by atoms with van der Waals surface area (Å²) in [5.74, 6) is -2.70. The molecule has 1 rings (SSSR count). The van der Waals surface area contributed by atoms with Gasteiger partial charge in [-0.3, -0.25) is 0 Å². The maximum Gasteiger partial charge on any atom is 0.409 e. The Labute approximate surface area is 162 Å². The van der Waals surface area contributed by atoms with E-state index in [9.17, 15) is 29.9 Å². The van der Waals surface area contributed by atoms with E-state index in [1.165, 1.54) is 24.3 Å². The summed E-state index contributed by atoms with van der Waals surface area (Å²) in [4.78, 5) is 36.1. The molecule has 4 N–H and O–H groups in total. The van der Waals surface area contributed by atoms with Crippen LogP contribution in [0.15, 0.2) is 24.3 Å². The quantitative estimate of drug-likeness (QED) is 0.397. The highest BCUT2D eigenvalue weighted by Crippen LogP contribution is 2.27. The number of alkyl carbamates (subject to hydrolysis) is 1. The van der Waals surface area contributed by atoms with Gasteiger partial charge in [0.15, 0.2) is 5.69 Å². The van der Waals surface area contributed by atoms with E-state index in [0.717, 1.165) is 0 Å². The largest absolute Gasteiger partial charge is 0.595 e. The molecule has 0 fully saturated rings. The lowest BCUT2D eigenvalue weighted by Crippen LogP contribution is -2.99. The first kappa shape index (κ1) is 23.3. The third-order valence-corrected chi connectivity index (χ3v) is 3.53. The van der Waals surface area contributed by atoms with Crippen molar-refractivity contribution in [2.75, 3.05) is 0 Å². The molecule has 0 radical (unpaired) electrons. The topological polar surface area (TPSA) is 150 Å². The van der Waals surface area contributed by atoms with Crippen LogP contribution in [-0.4, -0.2) is 40.0 Å². The Morgan fingerprint density at radius 3 is 2.21 bits per heavy atom. The van der Waals surface area contributed by atoms with Gasteiger partial charge < -0.3 is 25.1 Å². The van der Waals surface area contributed by atoms with E-state index in [1.54, 1.807) is 34.6 Å². The van der Waals surface area contributed by atoms with Crippen molar-refractivity contribution in [3.63, 3.8) is 0 Å². The predicted molar refractivity (Wildman–Crippen MR) is 96.7 cm³/mol. The minimum absolute atomic E-state index is 0.0872. The summed E-state index contributed by atoms with van der Waals surface area (Å²) < 4.78 is 10.4. The summed E-state index contributed by atoms with van der Waals surface area (Å²) in [6, 6.07) is 4.27. The van der Waals surface area contributed by atoms with Gasteiger partial charge in [0, 0.05) is 6.07 Å². The van der Waals surface area contributed by atoms with E-state index >= 15 is 0 Å². The molecule has 10 nitrogen and oxygen atoms in total. The van der Waals surface area contributed by atoms with Crippen molar-refractivity contribution in [3.05, 3.63) is 35.0 Å². The average molecular weight is 398 g/mol. The van der Waals surface area contributed by atoms with Crippen molar-refractivity contribution in [2.24, 2.45) is 5.92 Å². The standard InChI is InChI=1S/C18H26N2O8/c1-10(2)13(15(21)22)19-17(24)27-14(16(23)28-18(3,4)5)11-8-6-7-9-12(11)20(25)26/h6-10,13-14,20,25H,1-5H3,(H,19,24)(H,21,22)/t13-,14?/m0/s1. The van der Waals surface area contributed by atoms with E-state index in [0.29, 0.717) is 0 Å². The van der Waals surface area contributed by atoms with E-state index < -0.39 is 46.9 Å². The van der Waals surface area contributed by atoms with Crippen LogP contribution in [0, 0.1) is 11.1 Å². The van der Waals surface area contributed by atoms with E-state index in [2.05, 4.69) is 5.32 Å². The number of carbonyl (C=O) groups excluding carboxylic acids is 2. The monoisotopic (exact) mass is 398 g/mol. The lowest BCUT2D eigenvalue weighted by Gasteiger charge is -2.26. The molecule has 0 aliphatic rings. The predicted octanol–water partition coefficient (Wildman–Crippen LogP) is 1.31. The molecule has 156 valence electrons. The number of rotatable bonds is 7. The molecule has 0 aliphatic carbocycles. The number of ether oxygens (including phenoxy) is 2. The van der Waals surface area contributed by atoms with Gasteiger partial charge in [0.05, 0.1) is 5.56 Å². The summed E-state index contributed by atoms with van der Waals surface area (Å²) in [6.07, 6.45) is -2.87. The number of esters is 1. The molecule has 1 aromatic rings. The molecule has 0 aliphatic heterocycles. The zero-order valence-corrected chi connectivity index (χ0v) is 16.4. The van der Waals surface area contributed by atoms with Gasteiger partial charge in [-0.15, -0.1) is 0 Å². The van der Waals surface area contributed by atoms with Crippen molar-refractivity contribution in [2.45, 2.75) is 52.4 Å². The Bertz CT molecular complexity index is 712. The first-order valence-corrected chi connectivity index (χ1v) is 8.58. The first-order valence-electron chi connectivity index (χ1n) is 8.58. The van der Waals surface area contributed by atoms with Gasteiger partial charge in [-0.1, -0.05) is 26.0 Å². The smallest absolute Gasteiger partial charge is 0.409 e. The van der Waals surface area contributed by atoms with Gasteiger partial charge >= 0.3 is 18.0 Å². The molecule has 0 saturated carbocycles. The number of aliphatic carboxylic acids is 1. The van der Waals surface area contributed by atoms with Crippen LogP contribution < -0.4 is 10.5 Å². The van der Waals surface area contributed by atoms with Crippen molar-refractivity contribution >= 4 is 23.7 Å². The Hall–Kier alpha value is -2.69. The third kappa shape index (κ3) is 6.80. The Morgan fingerprint density at radius 2 is 1.75 bits per heavy atom. The van der Waals surface area contributed by atoms with Crippen LogP contribution in [0.3, 0.4) is 0 Å². The Balaban J connectivity index is 3.21. The second kappa shape index (κ2) is 9.49. The first-order chi connectivity index (χ1) is 12.8. The molecule has 0 bridgehead atoms. The summed E-state index contributed by atoms with van der Waals surface area (Å²) in [7, 11) is 0. The van der Waals surface area contributed by atoms with Gasteiger partial charge in [0.1, 0.15) is 11.6 Å². The Kier molecular flexibility index (Phi) is 7.91. The van der Waals surface area contributed by atoms with Gasteiger partial charge in [-0.05, 0) is 32.8 Å². The average Bonchev–Trinajstić information content (AvgIpc) is 2.55. The fraction of sp³-hybridized carbons (Fsp3) is 0.500. The van der Waals surface area contributed by atoms with E-state index in [1.807, 2.05) is 0 Å². The molecule has 2 unspecified atom stereocenters. The number of hydrogen-bond donors (Lipinski definition) is 4. The number of quaternary nitrogens is 1. The second-order valence-electron chi connectivity index (χ2n) is 7.42. The highest BCUT2D eigenvalue weighted by Gasteiger charge is 2.35. The molecule has 0 saturated heterocycles. The number of para-hydroxylation sites is 1. The van der Waals surface area contributed by atoms with Gasteiger partial charge in [0.2, 0.25) is 6.10 Å². The molecule has 0 heterocycles. The summed E-state index contributed by atoms with van der Waals surface area (Å²) >= 11 is 0. The minimum Gasteiger partial charge on any atom is -0.595 e. The fourth-order valence-corrected chi connectivity index (χ4v) is 2.30. The van der Waals surface area contributed by atoms with Crippen molar-refractivity contribution in [3.8, 4) is 0 Å². The summed E-state index contributed by atoms with van der Waals surface area (Å²) in [6.45, 7) is 7.98. The molecule has 28 heavy (non-hydrogen) atoms. The van der Waals surface area contributed by atoms with Gasteiger partial charge in [-0.2, -0.15) is 5.23 Å². The van der Waals surface area contributed by atoms with Crippen LogP contribution >= 0.6 is 0 Å². The number of benzene rings is 1. The molecule has 0 spiro atoms. The zero-order valence-electron chi connectivity index (χ0n) is 16.4. The van der Waals surface area contributed by atoms with Crippen LogP contribution in [0.25, 0.3) is 0 Å². The van der Waals surface area contributed by atoms with Crippen LogP contribution in [-0.2, 0) is 19.1 Å². The van der Waals surface area contributed by atoms with Crippen LogP contribution in [0.5, 0.6) is 0 Å². The zero-order chi connectivity index (χ0) is 21.6. The molecular weight excluding hydrogens is 372 g/mol. The minimum atomic E-state index is -1.69. The molecular formula is C18H26N2O8. The van der Waals surface area contributed by atoms with E-state index in [4.69, 9.17) is 9.47 Å². The number of carbonyl (C=O) groups is 3. The molecule has 3 atom stereocenters. The molecule has 1 aromatic carbocycles. The molecule has 10 heteroatoms. The summed E-state index contributed by atoms with van der Waals surface area (Å²) in [5.41, 5.74) is -1.25. The van der Waals surface area contributed by atoms with Crippen molar-refractivity contribution in [1.82, 2.24) is 5.32 Å². The van der Waals surface area contributed by atoms with Crippen molar-refractivity contribution in [1.29, 1.82) is 0 Å². The summed E-state index contributed by atoms with van der Waals surface area (Å²) in [5, 5.41) is 30.9. The highest BCUT2D eigenvalue weighted by atomic mass is 16.8. The van der Waals surface area contributed by atoms with Crippen LogP contribution in [0.4, 0.5) is 10.5 Å². The molecule has 0 aromatic heterocycles. The number of hydrogen-bond acceptors (Lipinski definition) is 7. The maximum atomic E-state index is 12.6. The van der Waals surface area contributed by atoms with Crippen LogP contribution in [0.2, 0.25) is 0 Å². The van der Waals surface area contributed by atoms with Crippen LogP contribution in [0.1, 0.15) is 46.3 Å². The van der Waals surface area contributed by atoms with Gasteiger partial charge in [0.25, 0.3) is 0 Å². The van der Waals surface area contributed by atoms with Crippen molar-refractivity contribution < 1.29 is 39.4 Å². The fourth-order valence-electron chi connectivity index (χ4n) is 2.30. The third-order valence-electron chi connectivity index (χ3n) is 3.53. The lowest BCUT2D eigenvalue weighted by atomic mass is 10.1. The second-order valence-corrected chi connectivity index (χ2v) is 7.42. The van der Waals surface area contributed by atoms with Gasteiger partial charge in [-0.25, -0.2) is 19.6 Å².